The van der Waals surface area contributed by atoms with Gasteiger partial charge in [0.15, 0.2) is 0 Å². The summed E-state index contributed by atoms with van der Waals surface area (Å²) in [6, 6.07) is 15.6. The fraction of sp³-hybridized carbons (Fsp3) is 0.417. The van der Waals surface area contributed by atoms with Crippen molar-refractivity contribution in [1.29, 1.82) is 0 Å². The van der Waals surface area contributed by atoms with Gasteiger partial charge in [0, 0.05) is 62.1 Å². The Hall–Kier alpha value is -1.42. The maximum atomic E-state index is 13.2. The lowest BCUT2D eigenvalue weighted by atomic mass is 10.2. The molecular weight excluding hydrogens is 511 g/mol. The first kappa shape index (κ1) is 28.8. The highest BCUT2D eigenvalue weighted by molar-refractivity contribution is 8.76. The van der Waals surface area contributed by atoms with E-state index in [-0.39, 0.29) is 36.6 Å². The molecule has 0 N–H and O–H groups in total. The molecule has 10 heteroatoms. The molecule has 0 bridgehead atoms. The van der Waals surface area contributed by atoms with Gasteiger partial charge in [-0.25, -0.2) is 0 Å². The Bertz CT molecular complexity index is 888. The summed E-state index contributed by atoms with van der Waals surface area (Å²) >= 11 is 0. The van der Waals surface area contributed by atoms with Crippen LogP contribution in [0.4, 0.5) is 0 Å². The van der Waals surface area contributed by atoms with Crippen LogP contribution in [0.5, 0.6) is 0 Å². The van der Waals surface area contributed by atoms with Crippen molar-refractivity contribution in [2.75, 3.05) is 66.5 Å². The number of halogens is 2. The molecule has 4 rings (SSSR count). The summed E-state index contributed by atoms with van der Waals surface area (Å²) in [6.45, 7) is 6.62. The molecule has 0 saturated carbocycles. The molecule has 2 aliphatic rings. The number of piperazine rings is 2. The number of nitrogens with zero attached hydrogens (tertiary/aromatic N) is 4. The number of rotatable bonds is 5. The van der Waals surface area contributed by atoms with Gasteiger partial charge in [0.1, 0.15) is 0 Å². The zero-order chi connectivity index (χ0) is 22.5. The number of likely N-dealkylation sites (N-methyl/N-ethyl adjacent to an activating group) is 2. The lowest BCUT2D eigenvalue weighted by Crippen LogP contribution is -2.47. The molecule has 0 atom stereocenters. The number of carbonyl (C=O) groups is 2. The van der Waals surface area contributed by atoms with Crippen LogP contribution in [0.15, 0.2) is 58.3 Å². The summed E-state index contributed by atoms with van der Waals surface area (Å²) in [6.07, 6.45) is 0. The molecule has 0 unspecified atom stereocenters. The van der Waals surface area contributed by atoms with Crippen LogP contribution in [-0.2, 0) is 0 Å². The molecule has 0 spiro atoms. The van der Waals surface area contributed by atoms with Crippen LogP contribution < -0.4 is 0 Å². The van der Waals surface area contributed by atoms with Crippen molar-refractivity contribution in [3.05, 3.63) is 59.7 Å². The van der Waals surface area contributed by atoms with Crippen molar-refractivity contribution in [3.63, 3.8) is 0 Å². The Labute approximate surface area is 222 Å². The van der Waals surface area contributed by atoms with Crippen LogP contribution in [-0.4, -0.2) is 97.9 Å². The first-order chi connectivity index (χ1) is 15.5. The molecule has 2 aromatic carbocycles. The smallest absolute Gasteiger partial charge is 0.255 e. The van der Waals surface area contributed by atoms with E-state index in [0.29, 0.717) is 0 Å². The minimum atomic E-state index is 0. The molecule has 0 radical (unpaired) electrons. The SMILES string of the molecule is CN1CCN(C(=O)c2ccccc2SSc2ccccc2C(=O)N2CCN(C)CC2)CC1.Cl.Cl. The van der Waals surface area contributed by atoms with Gasteiger partial charge >= 0.3 is 0 Å². The highest BCUT2D eigenvalue weighted by Gasteiger charge is 2.24. The summed E-state index contributed by atoms with van der Waals surface area (Å²) in [4.78, 5) is 36.6. The van der Waals surface area contributed by atoms with Gasteiger partial charge in [0.2, 0.25) is 0 Å². The van der Waals surface area contributed by atoms with Gasteiger partial charge in [-0.1, -0.05) is 45.9 Å². The topological polar surface area (TPSA) is 47.1 Å². The first-order valence-corrected chi connectivity index (χ1v) is 13.2. The predicted molar refractivity (Wildman–Crippen MR) is 146 cm³/mol. The zero-order valence-electron chi connectivity index (χ0n) is 19.5. The van der Waals surface area contributed by atoms with Crippen LogP contribution in [0.3, 0.4) is 0 Å². The van der Waals surface area contributed by atoms with Crippen molar-refractivity contribution >= 4 is 58.2 Å². The fourth-order valence-corrected chi connectivity index (χ4v) is 6.23. The maximum absolute atomic E-state index is 13.2. The quantitative estimate of drug-likeness (QED) is 0.530. The lowest BCUT2D eigenvalue weighted by molar-refractivity contribution is 0.0653. The molecule has 2 saturated heterocycles. The fourth-order valence-electron chi connectivity index (χ4n) is 3.88. The molecule has 2 aliphatic heterocycles. The van der Waals surface area contributed by atoms with Crippen molar-refractivity contribution < 1.29 is 9.59 Å². The Morgan fingerprint density at radius 3 is 1.26 bits per heavy atom. The van der Waals surface area contributed by atoms with E-state index in [1.165, 1.54) is 0 Å². The molecule has 2 aromatic rings. The first-order valence-electron chi connectivity index (χ1n) is 11.0. The van der Waals surface area contributed by atoms with Crippen LogP contribution in [0.1, 0.15) is 20.7 Å². The third kappa shape index (κ3) is 7.06. The molecule has 2 heterocycles. The maximum Gasteiger partial charge on any atom is 0.255 e. The molecule has 2 fully saturated rings. The van der Waals surface area contributed by atoms with Crippen molar-refractivity contribution in [1.82, 2.24) is 19.6 Å². The number of benzene rings is 2. The average Bonchev–Trinajstić information content (AvgIpc) is 2.83. The number of carbonyl (C=O) groups excluding carboxylic acids is 2. The van der Waals surface area contributed by atoms with E-state index in [2.05, 4.69) is 23.9 Å². The number of amides is 2. The largest absolute Gasteiger partial charge is 0.336 e. The van der Waals surface area contributed by atoms with Gasteiger partial charge in [-0.05, 0) is 38.4 Å². The molecule has 2 amide bonds. The average molecular weight is 544 g/mol. The summed E-state index contributed by atoms with van der Waals surface area (Å²) in [7, 11) is 7.28. The minimum Gasteiger partial charge on any atom is -0.336 e. The number of hydrogen-bond acceptors (Lipinski definition) is 6. The molecule has 0 aromatic heterocycles. The third-order valence-electron chi connectivity index (χ3n) is 6.04. The van der Waals surface area contributed by atoms with Crippen molar-refractivity contribution in [2.24, 2.45) is 0 Å². The van der Waals surface area contributed by atoms with E-state index in [1.807, 2.05) is 58.3 Å². The monoisotopic (exact) mass is 542 g/mol. The van der Waals surface area contributed by atoms with E-state index in [9.17, 15) is 9.59 Å². The van der Waals surface area contributed by atoms with Crippen LogP contribution >= 0.6 is 46.4 Å². The lowest BCUT2D eigenvalue weighted by Gasteiger charge is -2.33. The summed E-state index contributed by atoms with van der Waals surface area (Å²) in [5.41, 5.74) is 1.47. The zero-order valence-corrected chi connectivity index (χ0v) is 22.8. The molecular formula is C24H32Cl2N4O2S2. The second-order valence-electron chi connectivity index (χ2n) is 8.35. The van der Waals surface area contributed by atoms with E-state index < -0.39 is 0 Å². The molecule has 34 heavy (non-hydrogen) atoms. The van der Waals surface area contributed by atoms with Gasteiger partial charge in [0.25, 0.3) is 11.8 Å². The van der Waals surface area contributed by atoms with Crippen LogP contribution in [0.2, 0.25) is 0 Å². The Morgan fingerprint density at radius 2 is 0.912 bits per heavy atom. The summed E-state index contributed by atoms with van der Waals surface area (Å²) in [5.74, 6) is 0.173. The minimum absolute atomic E-state index is 0. The number of hydrogen-bond donors (Lipinski definition) is 0. The Morgan fingerprint density at radius 1 is 0.588 bits per heavy atom. The van der Waals surface area contributed by atoms with E-state index >= 15 is 0 Å². The van der Waals surface area contributed by atoms with Crippen LogP contribution in [0.25, 0.3) is 0 Å². The van der Waals surface area contributed by atoms with Crippen LogP contribution in [0, 0.1) is 0 Å². The van der Waals surface area contributed by atoms with Crippen molar-refractivity contribution in [3.8, 4) is 0 Å². The Balaban J connectivity index is 0.00000204. The van der Waals surface area contributed by atoms with E-state index in [0.717, 1.165) is 73.3 Å². The molecule has 186 valence electrons. The van der Waals surface area contributed by atoms with Gasteiger partial charge in [-0.15, -0.1) is 24.8 Å². The van der Waals surface area contributed by atoms with Crippen molar-refractivity contribution in [2.45, 2.75) is 9.79 Å². The summed E-state index contributed by atoms with van der Waals surface area (Å²) < 4.78 is 0. The molecule has 6 nitrogen and oxygen atoms in total. The van der Waals surface area contributed by atoms with Gasteiger partial charge in [-0.3, -0.25) is 9.59 Å². The summed E-state index contributed by atoms with van der Waals surface area (Å²) in [5, 5.41) is 0. The second-order valence-corrected chi connectivity index (χ2v) is 10.6. The Kier molecular flexibility index (Phi) is 11.5. The van der Waals surface area contributed by atoms with E-state index in [4.69, 9.17) is 0 Å². The van der Waals surface area contributed by atoms with E-state index in [1.54, 1.807) is 21.6 Å². The molecule has 0 aliphatic carbocycles. The standard InChI is InChI=1S/C24H30N4O2S2.2ClH/c1-25-11-15-27(16-12-25)23(29)19-7-3-5-9-21(19)31-32-22-10-6-4-8-20(22)24(30)28-17-13-26(2)14-18-28;;/h3-10H,11-18H2,1-2H3;2*1H. The van der Waals surface area contributed by atoms with Gasteiger partial charge < -0.3 is 19.6 Å². The highest BCUT2D eigenvalue weighted by Crippen LogP contribution is 2.41. The predicted octanol–water partition coefficient (Wildman–Crippen LogP) is 4.10. The third-order valence-corrected chi connectivity index (χ3v) is 8.52. The second kappa shape index (κ2) is 13.6. The highest BCUT2D eigenvalue weighted by atomic mass is 35.5. The van der Waals surface area contributed by atoms with Gasteiger partial charge in [0.05, 0.1) is 11.1 Å². The van der Waals surface area contributed by atoms with Gasteiger partial charge in [-0.2, -0.15) is 0 Å². The normalized spacial score (nSPS) is 17.0.